The zero-order valence-corrected chi connectivity index (χ0v) is 9.26. The molecule has 0 spiro atoms. The van der Waals surface area contributed by atoms with Gasteiger partial charge in [0.25, 0.3) is 0 Å². The van der Waals surface area contributed by atoms with Crippen molar-refractivity contribution in [2.75, 3.05) is 0 Å². The van der Waals surface area contributed by atoms with Crippen LogP contribution in [0.2, 0.25) is 0 Å². The fraction of sp³-hybridized carbons (Fsp3) is 0.400. The maximum Gasteiger partial charge on any atom is 0.238 e. The van der Waals surface area contributed by atoms with Crippen molar-refractivity contribution >= 4 is 10.0 Å². The molecule has 1 aromatic rings. The molecule has 0 aliphatic rings. The Morgan fingerprint density at radius 2 is 2.00 bits per heavy atom. The smallest absolute Gasteiger partial charge is 0.225 e. The van der Waals surface area contributed by atoms with Gasteiger partial charge in [0.1, 0.15) is 0 Å². The van der Waals surface area contributed by atoms with Crippen LogP contribution in [-0.4, -0.2) is 8.42 Å². The third-order valence-electron chi connectivity index (χ3n) is 2.17. The SMILES string of the molecule is CCCc1cc(S(N)(=O)=O)ccc1C. The Labute approximate surface area is 85.0 Å². The lowest BCUT2D eigenvalue weighted by atomic mass is 10.0. The van der Waals surface area contributed by atoms with E-state index >= 15 is 0 Å². The minimum Gasteiger partial charge on any atom is -0.225 e. The van der Waals surface area contributed by atoms with Crippen LogP contribution in [0.4, 0.5) is 0 Å². The summed E-state index contributed by atoms with van der Waals surface area (Å²) < 4.78 is 22.2. The Hall–Kier alpha value is -0.870. The first kappa shape index (κ1) is 11.2. The average molecular weight is 213 g/mol. The summed E-state index contributed by atoms with van der Waals surface area (Å²) in [4.78, 5) is 0.201. The quantitative estimate of drug-likeness (QED) is 0.829. The topological polar surface area (TPSA) is 60.2 Å². The molecule has 0 saturated heterocycles. The largest absolute Gasteiger partial charge is 0.238 e. The van der Waals surface area contributed by atoms with E-state index in [4.69, 9.17) is 5.14 Å². The van der Waals surface area contributed by atoms with Gasteiger partial charge < -0.3 is 0 Å². The number of hydrogen-bond donors (Lipinski definition) is 1. The number of aryl methyl sites for hydroxylation is 2. The van der Waals surface area contributed by atoms with Crippen molar-refractivity contribution < 1.29 is 8.42 Å². The molecule has 0 radical (unpaired) electrons. The average Bonchev–Trinajstić information content (AvgIpc) is 2.07. The third kappa shape index (κ3) is 2.56. The second-order valence-corrected chi connectivity index (χ2v) is 4.94. The van der Waals surface area contributed by atoms with Gasteiger partial charge in [0.15, 0.2) is 0 Å². The molecule has 0 fully saturated rings. The number of sulfonamides is 1. The van der Waals surface area contributed by atoms with Crippen LogP contribution in [0.25, 0.3) is 0 Å². The summed E-state index contributed by atoms with van der Waals surface area (Å²) in [7, 11) is -3.56. The molecule has 0 aromatic heterocycles. The summed E-state index contributed by atoms with van der Waals surface area (Å²) in [6.45, 7) is 4.03. The Morgan fingerprint density at radius 3 is 2.50 bits per heavy atom. The normalized spacial score (nSPS) is 11.6. The van der Waals surface area contributed by atoms with Crippen LogP contribution < -0.4 is 5.14 Å². The lowest BCUT2D eigenvalue weighted by Gasteiger charge is -2.06. The Bertz CT molecular complexity index is 424. The molecule has 0 heterocycles. The van der Waals surface area contributed by atoms with Crippen LogP contribution in [0.15, 0.2) is 23.1 Å². The van der Waals surface area contributed by atoms with E-state index in [-0.39, 0.29) is 4.90 Å². The lowest BCUT2D eigenvalue weighted by molar-refractivity contribution is 0.597. The van der Waals surface area contributed by atoms with E-state index in [1.165, 1.54) is 0 Å². The van der Waals surface area contributed by atoms with Crippen LogP contribution in [0, 0.1) is 6.92 Å². The highest BCUT2D eigenvalue weighted by atomic mass is 32.2. The van der Waals surface area contributed by atoms with Gasteiger partial charge in [0.05, 0.1) is 4.90 Å². The second-order valence-electron chi connectivity index (χ2n) is 3.38. The summed E-state index contributed by atoms with van der Waals surface area (Å²) in [5.74, 6) is 0. The van der Waals surface area contributed by atoms with Crippen LogP contribution in [-0.2, 0) is 16.4 Å². The molecule has 4 heteroatoms. The molecule has 0 unspecified atom stereocenters. The number of benzene rings is 1. The van der Waals surface area contributed by atoms with Crippen molar-refractivity contribution in [3.8, 4) is 0 Å². The monoisotopic (exact) mass is 213 g/mol. The van der Waals surface area contributed by atoms with Crippen molar-refractivity contribution in [2.24, 2.45) is 5.14 Å². The first-order valence-corrected chi connectivity index (χ1v) is 6.12. The van der Waals surface area contributed by atoms with Gasteiger partial charge in [-0.2, -0.15) is 0 Å². The highest BCUT2D eigenvalue weighted by molar-refractivity contribution is 7.89. The molecule has 0 aliphatic carbocycles. The number of primary sulfonamides is 1. The Kier molecular flexibility index (Phi) is 3.29. The van der Waals surface area contributed by atoms with E-state index < -0.39 is 10.0 Å². The summed E-state index contributed by atoms with van der Waals surface area (Å²) >= 11 is 0. The molecule has 0 bridgehead atoms. The molecular weight excluding hydrogens is 198 g/mol. The molecule has 0 atom stereocenters. The minimum absolute atomic E-state index is 0.201. The predicted octanol–water partition coefficient (Wildman–Crippen LogP) is 1.59. The van der Waals surface area contributed by atoms with E-state index in [0.29, 0.717) is 0 Å². The zero-order chi connectivity index (χ0) is 10.8. The van der Waals surface area contributed by atoms with Crippen LogP contribution in [0.5, 0.6) is 0 Å². The van der Waals surface area contributed by atoms with Gasteiger partial charge in [-0.05, 0) is 36.6 Å². The first-order valence-electron chi connectivity index (χ1n) is 4.57. The van der Waals surface area contributed by atoms with Crippen molar-refractivity contribution in [1.29, 1.82) is 0 Å². The third-order valence-corrected chi connectivity index (χ3v) is 3.08. The number of nitrogens with two attached hydrogens (primary N) is 1. The maximum absolute atomic E-state index is 11.1. The van der Waals surface area contributed by atoms with Crippen LogP contribution in [0.3, 0.4) is 0 Å². The van der Waals surface area contributed by atoms with E-state index in [1.807, 2.05) is 6.92 Å². The molecule has 0 aliphatic heterocycles. The predicted molar refractivity (Wildman–Crippen MR) is 56.5 cm³/mol. The summed E-state index contributed by atoms with van der Waals surface area (Å²) in [5, 5.41) is 5.04. The van der Waals surface area contributed by atoms with Crippen LogP contribution in [0.1, 0.15) is 24.5 Å². The molecule has 1 rings (SSSR count). The highest BCUT2D eigenvalue weighted by Gasteiger charge is 2.09. The Balaban J connectivity index is 3.20. The summed E-state index contributed by atoms with van der Waals surface area (Å²) in [6, 6.07) is 5.00. The lowest BCUT2D eigenvalue weighted by Crippen LogP contribution is -2.12. The standard InChI is InChI=1S/C10H15NO2S/c1-3-4-9-7-10(14(11,12)13)6-5-8(9)2/h5-7H,3-4H2,1-2H3,(H2,11,12,13). The van der Waals surface area contributed by atoms with Gasteiger partial charge >= 0.3 is 0 Å². The number of hydrogen-bond acceptors (Lipinski definition) is 2. The van der Waals surface area contributed by atoms with Gasteiger partial charge in [0, 0.05) is 0 Å². The maximum atomic E-state index is 11.1. The molecule has 2 N–H and O–H groups in total. The van der Waals surface area contributed by atoms with E-state index in [2.05, 4.69) is 6.92 Å². The van der Waals surface area contributed by atoms with Crippen molar-refractivity contribution in [3.63, 3.8) is 0 Å². The van der Waals surface area contributed by atoms with E-state index in [1.54, 1.807) is 18.2 Å². The van der Waals surface area contributed by atoms with Crippen molar-refractivity contribution in [3.05, 3.63) is 29.3 Å². The summed E-state index contributed by atoms with van der Waals surface area (Å²) in [6.07, 6.45) is 1.88. The van der Waals surface area contributed by atoms with Gasteiger partial charge in [0.2, 0.25) is 10.0 Å². The molecule has 0 amide bonds. The molecule has 0 saturated carbocycles. The fourth-order valence-electron chi connectivity index (χ4n) is 1.36. The molecule has 14 heavy (non-hydrogen) atoms. The number of rotatable bonds is 3. The van der Waals surface area contributed by atoms with Gasteiger partial charge in [-0.3, -0.25) is 0 Å². The van der Waals surface area contributed by atoms with Gasteiger partial charge in [-0.15, -0.1) is 0 Å². The Morgan fingerprint density at radius 1 is 1.36 bits per heavy atom. The second kappa shape index (κ2) is 4.11. The molecular formula is C10H15NO2S. The molecule has 1 aromatic carbocycles. The van der Waals surface area contributed by atoms with E-state index in [9.17, 15) is 8.42 Å². The molecule has 78 valence electrons. The van der Waals surface area contributed by atoms with Crippen molar-refractivity contribution in [1.82, 2.24) is 0 Å². The molecule has 3 nitrogen and oxygen atoms in total. The van der Waals surface area contributed by atoms with Crippen LogP contribution >= 0.6 is 0 Å². The fourth-order valence-corrected chi connectivity index (χ4v) is 1.93. The summed E-state index contributed by atoms with van der Waals surface area (Å²) in [5.41, 5.74) is 2.17. The zero-order valence-electron chi connectivity index (χ0n) is 8.45. The van der Waals surface area contributed by atoms with Crippen molar-refractivity contribution in [2.45, 2.75) is 31.6 Å². The van der Waals surface area contributed by atoms with Gasteiger partial charge in [-0.25, -0.2) is 13.6 Å². The van der Waals surface area contributed by atoms with E-state index in [0.717, 1.165) is 24.0 Å². The minimum atomic E-state index is -3.56. The van der Waals surface area contributed by atoms with Gasteiger partial charge in [-0.1, -0.05) is 19.4 Å². The first-order chi connectivity index (χ1) is 6.45. The highest BCUT2D eigenvalue weighted by Crippen LogP contribution is 2.15.